The minimum atomic E-state index is -0.251. The Bertz CT molecular complexity index is 1280. The highest BCUT2D eigenvalue weighted by atomic mass is 32.1. The normalized spacial score (nSPS) is 11.6. The van der Waals surface area contributed by atoms with Crippen LogP contribution in [0.25, 0.3) is 32.5 Å². The Morgan fingerprint density at radius 3 is 2.56 bits per heavy atom. The van der Waals surface area contributed by atoms with Crippen LogP contribution in [-0.2, 0) is 0 Å². The SMILES string of the molecule is COc1ccc(-c2c3sc(=O)[nH]c3nc3c2c(=O)[nH]n3C(C)C)cc1OC. The summed E-state index contributed by atoms with van der Waals surface area (Å²) >= 11 is 1.03. The van der Waals surface area contributed by atoms with Crippen LogP contribution in [0, 0.1) is 0 Å². The Morgan fingerprint density at radius 2 is 1.89 bits per heavy atom. The monoisotopic (exact) mass is 386 g/mol. The van der Waals surface area contributed by atoms with Crippen molar-refractivity contribution in [1.82, 2.24) is 19.7 Å². The first-order valence-corrected chi connectivity index (χ1v) is 9.15. The van der Waals surface area contributed by atoms with Crippen LogP contribution >= 0.6 is 11.3 Å². The van der Waals surface area contributed by atoms with E-state index in [4.69, 9.17) is 9.47 Å². The Kier molecular flexibility index (Phi) is 4.03. The molecule has 1 aromatic carbocycles. The second kappa shape index (κ2) is 6.27. The van der Waals surface area contributed by atoms with Crippen LogP contribution in [0.15, 0.2) is 27.8 Å². The summed E-state index contributed by atoms with van der Waals surface area (Å²) in [4.78, 5) is 31.8. The van der Waals surface area contributed by atoms with E-state index in [1.807, 2.05) is 19.9 Å². The molecule has 0 atom stereocenters. The van der Waals surface area contributed by atoms with Gasteiger partial charge in [0.05, 0.1) is 24.3 Å². The lowest BCUT2D eigenvalue weighted by atomic mass is 10.0. The predicted molar refractivity (Wildman–Crippen MR) is 105 cm³/mol. The van der Waals surface area contributed by atoms with E-state index in [0.29, 0.717) is 38.4 Å². The average molecular weight is 386 g/mol. The number of thiazole rings is 1. The number of ether oxygens (including phenoxy) is 2. The van der Waals surface area contributed by atoms with Gasteiger partial charge >= 0.3 is 4.87 Å². The summed E-state index contributed by atoms with van der Waals surface area (Å²) in [5.74, 6) is 1.12. The zero-order chi connectivity index (χ0) is 19.3. The zero-order valence-corrected chi connectivity index (χ0v) is 16.1. The minimum Gasteiger partial charge on any atom is -0.493 e. The highest BCUT2D eigenvalue weighted by Crippen LogP contribution is 2.38. The van der Waals surface area contributed by atoms with Crippen LogP contribution in [0.1, 0.15) is 19.9 Å². The molecule has 0 aliphatic heterocycles. The molecule has 8 nitrogen and oxygen atoms in total. The molecule has 0 saturated carbocycles. The third-order valence-corrected chi connectivity index (χ3v) is 5.30. The van der Waals surface area contributed by atoms with Gasteiger partial charge in [0.1, 0.15) is 0 Å². The smallest absolute Gasteiger partial charge is 0.306 e. The molecule has 27 heavy (non-hydrogen) atoms. The highest BCUT2D eigenvalue weighted by Gasteiger charge is 2.22. The number of H-pyrrole nitrogens is 2. The molecular weight excluding hydrogens is 368 g/mol. The van der Waals surface area contributed by atoms with E-state index >= 15 is 0 Å². The molecule has 3 aromatic heterocycles. The van der Waals surface area contributed by atoms with E-state index in [1.165, 1.54) is 0 Å². The molecule has 0 fully saturated rings. The lowest BCUT2D eigenvalue weighted by Gasteiger charge is -2.11. The van der Waals surface area contributed by atoms with Crippen LogP contribution in [0.2, 0.25) is 0 Å². The number of hydrogen-bond donors (Lipinski definition) is 2. The number of pyridine rings is 1. The molecule has 0 amide bonds. The van der Waals surface area contributed by atoms with E-state index in [2.05, 4.69) is 15.1 Å². The fourth-order valence-corrected chi connectivity index (χ4v) is 4.05. The number of aromatic amines is 2. The third kappa shape index (κ3) is 2.62. The number of nitrogens with zero attached hydrogens (tertiary/aromatic N) is 2. The van der Waals surface area contributed by atoms with Crippen molar-refractivity contribution in [2.24, 2.45) is 0 Å². The molecule has 9 heteroatoms. The minimum absolute atomic E-state index is 0.00348. The summed E-state index contributed by atoms with van der Waals surface area (Å²) in [6.45, 7) is 3.90. The number of nitrogens with one attached hydrogen (secondary N) is 2. The van der Waals surface area contributed by atoms with Gasteiger partial charge in [-0.1, -0.05) is 17.4 Å². The molecule has 2 N–H and O–H groups in total. The van der Waals surface area contributed by atoms with Gasteiger partial charge in [0, 0.05) is 11.6 Å². The van der Waals surface area contributed by atoms with Crippen molar-refractivity contribution in [2.75, 3.05) is 14.2 Å². The quantitative estimate of drug-likeness (QED) is 0.561. The topological polar surface area (TPSA) is 102 Å². The molecule has 0 aliphatic carbocycles. The molecule has 0 unspecified atom stereocenters. The molecule has 0 bridgehead atoms. The standard InChI is InChI=1S/C18H18N4O4S/c1-8(2)22-16-13(17(23)21-22)12(14-15(19-16)20-18(24)27-14)9-5-6-10(25-3)11(7-9)26-4/h5-8H,1-4H3,(H,21,23)(H,19,20,24). The van der Waals surface area contributed by atoms with Crippen LogP contribution in [0.3, 0.4) is 0 Å². The molecule has 0 spiro atoms. The van der Waals surface area contributed by atoms with Gasteiger partial charge in [0.2, 0.25) is 0 Å². The van der Waals surface area contributed by atoms with Gasteiger partial charge in [0.15, 0.2) is 22.8 Å². The first kappa shape index (κ1) is 17.3. The van der Waals surface area contributed by atoms with Gasteiger partial charge in [0.25, 0.3) is 5.56 Å². The van der Waals surface area contributed by atoms with Crippen molar-refractivity contribution < 1.29 is 9.47 Å². The number of aromatic nitrogens is 4. The molecule has 140 valence electrons. The molecule has 4 rings (SSSR count). The van der Waals surface area contributed by atoms with Crippen LogP contribution in [0.4, 0.5) is 0 Å². The van der Waals surface area contributed by atoms with Gasteiger partial charge in [-0.15, -0.1) is 0 Å². The Labute approximate surface area is 157 Å². The van der Waals surface area contributed by atoms with E-state index in [-0.39, 0.29) is 16.5 Å². The fraction of sp³-hybridized carbons (Fsp3) is 0.278. The summed E-state index contributed by atoms with van der Waals surface area (Å²) in [6.07, 6.45) is 0. The lowest BCUT2D eigenvalue weighted by Crippen LogP contribution is -2.08. The van der Waals surface area contributed by atoms with Gasteiger partial charge < -0.3 is 9.47 Å². The number of hydrogen-bond acceptors (Lipinski definition) is 6. The highest BCUT2D eigenvalue weighted by molar-refractivity contribution is 7.17. The second-order valence-corrected chi connectivity index (χ2v) is 7.34. The van der Waals surface area contributed by atoms with Crippen molar-refractivity contribution in [3.8, 4) is 22.6 Å². The average Bonchev–Trinajstić information content (AvgIpc) is 3.18. The van der Waals surface area contributed by atoms with Crippen molar-refractivity contribution in [1.29, 1.82) is 0 Å². The van der Waals surface area contributed by atoms with E-state index in [1.54, 1.807) is 31.0 Å². The van der Waals surface area contributed by atoms with Crippen molar-refractivity contribution in [3.63, 3.8) is 0 Å². The molecular formula is C18H18N4O4S. The molecule has 0 radical (unpaired) electrons. The Hall–Kier alpha value is -3.07. The maximum absolute atomic E-state index is 12.8. The zero-order valence-electron chi connectivity index (χ0n) is 15.2. The largest absolute Gasteiger partial charge is 0.493 e. The maximum atomic E-state index is 12.8. The summed E-state index contributed by atoms with van der Waals surface area (Å²) < 4.78 is 13.0. The summed E-state index contributed by atoms with van der Waals surface area (Å²) in [6, 6.07) is 5.41. The van der Waals surface area contributed by atoms with Crippen LogP contribution < -0.4 is 19.9 Å². The predicted octanol–water partition coefficient (Wildman–Crippen LogP) is 2.89. The molecule has 4 aromatic rings. The Balaban J connectivity index is 2.17. The number of rotatable bonds is 4. The van der Waals surface area contributed by atoms with E-state index < -0.39 is 0 Å². The molecule has 0 aliphatic rings. The first-order chi connectivity index (χ1) is 12.9. The maximum Gasteiger partial charge on any atom is 0.306 e. The van der Waals surface area contributed by atoms with Gasteiger partial charge in [-0.3, -0.25) is 24.4 Å². The third-order valence-electron chi connectivity index (χ3n) is 4.41. The lowest BCUT2D eigenvalue weighted by molar-refractivity contribution is 0.355. The summed E-state index contributed by atoms with van der Waals surface area (Å²) in [5.41, 5.74) is 2.10. The van der Waals surface area contributed by atoms with Crippen LogP contribution in [0.5, 0.6) is 11.5 Å². The van der Waals surface area contributed by atoms with Crippen molar-refractivity contribution >= 4 is 32.7 Å². The second-order valence-electron chi connectivity index (χ2n) is 6.35. The van der Waals surface area contributed by atoms with Crippen molar-refractivity contribution in [2.45, 2.75) is 19.9 Å². The van der Waals surface area contributed by atoms with Crippen LogP contribution in [-0.4, -0.2) is 34.0 Å². The fourth-order valence-electron chi connectivity index (χ4n) is 3.20. The summed E-state index contributed by atoms with van der Waals surface area (Å²) in [5, 5.41) is 3.29. The van der Waals surface area contributed by atoms with Gasteiger partial charge in [-0.25, -0.2) is 4.98 Å². The Morgan fingerprint density at radius 1 is 1.15 bits per heavy atom. The molecule has 0 saturated heterocycles. The molecule has 3 heterocycles. The number of benzene rings is 1. The number of fused-ring (bicyclic) bond motifs is 2. The van der Waals surface area contributed by atoms with E-state index in [9.17, 15) is 9.59 Å². The van der Waals surface area contributed by atoms with E-state index in [0.717, 1.165) is 16.9 Å². The van der Waals surface area contributed by atoms with Gasteiger partial charge in [-0.05, 0) is 31.5 Å². The van der Waals surface area contributed by atoms with Crippen molar-refractivity contribution in [3.05, 3.63) is 38.2 Å². The van der Waals surface area contributed by atoms with Gasteiger partial charge in [-0.2, -0.15) is 0 Å². The number of methoxy groups -OCH3 is 2. The first-order valence-electron chi connectivity index (χ1n) is 8.34. The summed E-state index contributed by atoms with van der Waals surface area (Å²) in [7, 11) is 3.11.